The molecule has 0 unspecified atom stereocenters. The average Bonchev–Trinajstić information content (AvgIpc) is 2.95. The number of fused-ring (bicyclic) bond motifs is 1. The summed E-state index contributed by atoms with van der Waals surface area (Å²) in [6.45, 7) is -0.629. The van der Waals surface area contributed by atoms with E-state index in [1.165, 1.54) is 30.3 Å². The first kappa shape index (κ1) is 28.5. The van der Waals surface area contributed by atoms with E-state index < -0.39 is 82.8 Å². The van der Waals surface area contributed by atoms with Crippen molar-refractivity contribution < 1.29 is 64.3 Å². The number of aliphatic hydroxyl groups is 3. The molecule has 8 N–H and O–H groups in total. The Morgan fingerprint density at radius 1 is 0.786 bits per heavy atom. The topological polar surface area (TPSA) is 237 Å². The SMILES string of the molecule is O=C(OC[C@@H]1O[C@H](Oc2c(-c3ccc(O)c(O)c3)oc3cc(O)cc(O)c3c2=O)[C@@H](O)[C@H](O)[C@H]1O)c1ccc(O)cc1. The number of rotatable bonds is 6. The number of phenolic OH excluding ortho intramolecular Hbond substituents is 5. The largest absolute Gasteiger partial charge is 0.508 e. The van der Waals surface area contributed by atoms with Crippen LogP contribution in [0, 0.1) is 0 Å². The van der Waals surface area contributed by atoms with Crippen molar-refractivity contribution in [3.8, 4) is 45.8 Å². The van der Waals surface area contributed by atoms with Gasteiger partial charge in [0.15, 0.2) is 17.3 Å². The van der Waals surface area contributed by atoms with Crippen LogP contribution in [0.5, 0.6) is 34.5 Å². The Bertz CT molecular complexity index is 1700. The molecule has 1 aliphatic rings. The predicted molar refractivity (Wildman–Crippen MR) is 140 cm³/mol. The summed E-state index contributed by atoms with van der Waals surface area (Å²) in [6.07, 6.45) is -8.95. The molecule has 1 saturated heterocycles. The molecule has 14 heteroatoms. The van der Waals surface area contributed by atoms with Gasteiger partial charge in [0.05, 0.1) is 5.56 Å². The summed E-state index contributed by atoms with van der Waals surface area (Å²) in [6, 6.07) is 10.4. The molecule has 1 aromatic heterocycles. The Labute approximate surface area is 235 Å². The number of carbonyl (C=O) groups is 1. The Balaban J connectivity index is 1.49. The monoisotopic (exact) mass is 584 g/mol. The Morgan fingerprint density at radius 2 is 1.50 bits per heavy atom. The lowest BCUT2D eigenvalue weighted by atomic mass is 9.99. The summed E-state index contributed by atoms with van der Waals surface area (Å²) in [7, 11) is 0. The number of ether oxygens (including phenoxy) is 3. The molecule has 42 heavy (non-hydrogen) atoms. The summed E-state index contributed by atoms with van der Waals surface area (Å²) in [4.78, 5) is 25.9. The Hall–Kier alpha value is -5.02. The number of benzene rings is 3. The molecule has 0 amide bonds. The number of hydrogen-bond acceptors (Lipinski definition) is 14. The van der Waals surface area contributed by atoms with E-state index >= 15 is 0 Å². The molecule has 4 aromatic rings. The van der Waals surface area contributed by atoms with Gasteiger partial charge in [0.25, 0.3) is 0 Å². The Kier molecular flexibility index (Phi) is 7.53. The second kappa shape index (κ2) is 11.1. The van der Waals surface area contributed by atoms with Gasteiger partial charge >= 0.3 is 5.97 Å². The first-order valence-electron chi connectivity index (χ1n) is 12.3. The molecule has 1 fully saturated rings. The van der Waals surface area contributed by atoms with Gasteiger partial charge in [-0.2, -0.15) is 0 Å². The van der Waals surface area contributed by atoms with E-state index in [-0.39, 0.29) is 28.2 Å². The van der Waals surface area contributed by atoms with E-state index in [9.17, 15) is 50.4 Å². The van der Waals surface area contributed by atoms with Crippen LogP contribution in [-0.2, 0) is 9.47 Å². The second-order valence-corrected chi connectivity index (χ2v) is 9.41. The molecule has 3 aromatic carbocycles. The Morgan fingerprint density at radius 3 is 2.19 bits per heavy atom. The molecule has 14 nitrogen and oxygen atoms in total. The van der Waals surface area contributed by atoms with Crippen LogP contribution < -0.4 is 10.2 Å². The lowest BCUT2D eigenvalue weighted by molar-refractivity contribution is -0.277. The van der Waals surface area contributed by atoms with Crippen molar-refractivity contribution in [2.75, 3.05) is 6.61 Å². The van der Waals surface area contributed by atoms with Gasteiger partial charge in [-0.1, -0.05) is 0 Å². The zero-order valence-electron chi connectivity index (χ0n) is 21.3. The normalized spacial score (nSPS) is 22.1. The zero-order chi connectivity index (χ0) is 30.3. The molecule has 2 heterocycles. The third-order valence-corrected chi connectivity index (χ3v) is 6.54. The minimum atomic E-state index is -1.95. The van der Waals surface area contributed by atoms with E-state index in [1.54, 1.807) is 0 Å². The minimum absolute atomic E-state index is 0.0209. The smallest absolute Gasteiger partial charge is 0.338 e. The fraction of sp³-hybridized carbons (Fsp3) is 0.214. The quantitative estimate of drug-likeness (QED) is 0.117. The molecule has 5 atom stereocenters. The molecular formula is C28H24O14. The van der Waals surface area contributed by atoms with Gasteiger partial charge < -0.3 is 59.5 Å². The number of esters is 1. The van der Waals surface area contributed by atoms with Crippen molar-refractivity contribution in [2.45, 2.75) is 30.7 Å². The molecule has 5 rings (SSSR count). The third-order valence-electron chi connectivity index (χ3n) is 6.54. The number of hydrogen-bond donors (Lipinski definition) is 8. The first-order chi connectivity index (χ1) is 19.9. The molecule has 220 valence electrons. The van der Waals surface area contributed by atoms with Crippen LogP contribution >= 0.6 is 0 Å². The van der Waals surface area contributed by atoms with Crippen molar-refractivity contribution in [1.82, 2.24) is 0 Å². The van der Waals surface area contributed by atoms with Crippen LogP contribution in [0.3, 0.4) is 0 Å². The molecule has 0 spiro atoms. The highest BCUT2D eigenvalue weighted by Gasteiger charge is 2.46. The number of phenols is 5. The van der Waals surface area contributed by atoms with Gasteiger partial charge in [-0.25, -0.2) is 4.79 Å². The van der Waals surface area contributed by atoms with Crippen LogP contribution in [-0.4, -0.2) is 84.1 Å². The van der Waals surface area contributed by atoms with Gasteiger partial charge in [-0.05, 0) is 42.5 Å². The van der Waals surface area contributed by atoms with E-state index in [0.29, 0.717) is 0 Å². The highest BCUT2D eigenvalue weighted by Crippen LogP contribution is 2.39. The molecule has 1 aliphatic heterocycles. The molecule has 0 saturated carbocycles. The first-order valence-corrected chi connectivity index (χ1v) is 12.3. The van der Waals surface area contributed by atoms with Crippen molar-refractivity contribution in [3.05, 3.63) is 70.4 Å². The van der Waals surface area contributed by atoms with Gasteiger partial charge in [-0.3, -0.25) is 4.79 Å². The summed E-state index contributed by atoms with van der Waals surface area (Å²) in [5.74, 6) is -4.21. The fourth-order valence-corrected chi connectivity index (χ4v) is 4.34. The van der Waals surface area contributed by atoms with Crippen LogP contribution in [0.2, 0.25) is 0 Å². The fourth-order valence-electron chi connectivity index (χ4n) is 4.34. The van der Waals surface area contributed by atoms with Crippen molar-refractivity contribution in [3.63, 3.8) is 0 Å². The van der Waals surface area contributed by atoms with Crippen molar-refractivity contribution >= 4 is 16.9 Å². The van der Waals surface area contributed by atoms with Crippen LogP contribution in [0.25, 0.3) is 22.3 Å². The van der Waals surface area contributed by atoms with Crippen LogP contribution in [0.15, 0.2) is 63.8 Å². The maximum atomic E-state index is 13.5. The predicted octanol–water partition coefficient (Wildman–Crippen LogP) is 1.03. The van der Waals surface area contributed by atoms with Gasteiger partial charge in [0.2, 0.25) is 17.5 Å². The standard InChI is InChI=1S/C28H24O14/c29-13-4-1-11(2-5-13)27(38)39-10-19-21(34)23(36)24(37)28(41-19)42-26-22(35)20-17(33)8-14(30)9-18(20)40-25(26)12-3-6-15(31)16(32)7-12/h1-9,19,21,23-24,28-34,36-37H,10H2/t19-,21-,23+,24-,28+/m0/s1. The third kappa shape index (κ3) is 5.34. The summed E-state index contributed by atoms with van der Waals surface area (Å²) < 4.78 is 22.1. The molecule has 0 bridgehead atoms. The summed E-state index contributed by atoms with van der Waals surface area (Å²) in [5, 5.41) is 80.5. The van der Waals surface area contributed by atoms with E-state index in [2.05, 4.69) is 0 Å². The van der Waals surface area contributed by atoms with Crippen LogP contribution in [0.1, 0.15) is 10.4 Å². The van der Waals surface area contributed by atoms with Crippen LogP contribution in [0.4, 0.5) is 0 Å². The maximum absolute atomic E-state index is 13.5. The molecular weight excluding hydrogens is 560 g/mol. The molecule has 0 radical (unpaired) electrons. The second-order valence-electron chi connectivity index (χ2n) is 9.41. The number of aromatic hydroxyl groups is 5. The summed E-state index contributed by atoms with van der Waals surface area (Å²) in [5.41, 5.74) is -1.25. The van der Waals surface area contributed by atoms with Gasteiger partial charge in [-0.15, -0.1) is 0 Å². The lowest BCUT2D eigenvalue weighted by Gasteiger charge is -2.39. The zero-order valence-corrected chi connectivity index (χ0v) is 21.3. The lowest BCUT2D eigenvalue weighted by Crippen LogP contribution is -2.60. The summed E-state index contributed by atoms with van der Waals surface area (Å²) >= 11 is 0. The van der Waals surface area contributed by atoms with Gasteiger partial charge in [0, 0.05) is 17.7 Å². The number of aliphatic hydroxyl groups excluding tert-OH is 3. The van der Waals surface area contributed by atoms with Crippen molar-refractivity contribution in [2.24, 2.45) is 0 Å². The molecule has 0 aliphatic carbocycles. The van der Waals surface area contributed by atoms with Gasteiger partial charge in [0.1, 0.15) is 59.2 Å². The van der Waals surface area contributed by atoms with E-state index in [1.807, 2.05) is 0 Å². The minimum Gasteiger partial charge on any atom is -0.508 e. The number of carbonyl (C=O) groups excluding carboxylic acids is 1. The highest BCUT2D eigenvalue weighted by molar-refractivity contribution is 5.89. The highest BCUT2D eigenvalue weighted by atomic mass is 16.7. The average molecular weight is 584 g/mol. The van der Waals surface area contributed by atoms with E-state index in [4.69, 9.17) is 18.6 Å². The van der Waals surface area contributed by atoms with E-state index in [0.717, 1.165) is 24.3 Å². The van der Waals surface area contributed by atoms with Crippen molar-refractivity contribution in [1.29, 1.82) is 0 Å². The maximum Gasteiger partial charge on any atom is 0.338 e.